The topological polar surface area (TPSA) is 107 Å². The lowest BCUT2D eigenvalue weighted by Crippen LogP contribution is -2.33. The van der Waals surface area contributed by atoms with E-state index in [1.165, 1.54) is 18.3 Å². The molecule has 0 unspecified atom stereocenters. The number of carbonyl (C=O) groups is 1. The molecular weight excluding hydrogens is 455 g/mol. The molecule has 10 nitrogen and oxygen atoms in total. The van der Waals surface area contributed by atoms with Gasteiger partial charge in [-0.2, -0.15) is 0 Å². The van der Waals surface area contributed by atoms with Gasteiger partial charge in [0.25, 0.3) is 5.91 Å². The Balaban J connectivity index is 1.23. The minimum absolute atomic E-state index is 0.0953. The summed E-state index contributed by atoms with van der Waals surface area (Å²) in [7, 11) is 0. The SMILES string of the molecule is O=C(c1ccc(-c2ccc(CN3CCOc4nc([N+](=O)[O-])cn4CC3)cn2)cc1F)N1CCCC1. The summed E-state index contributed by atoms with van der Waals surface area (Å²) in [4.78, 5) is 35.2. The molecule has 11 heteroatoms. The summed E-state index contributed by atoms with van der Waals surface area (Å²) in [5.41, 5.74) is 2.31. The van der Waals surface area contributed by atoms with Crippen LogP contribution in [0.25, 0.3) is 11.3 Å². The predicted molar refractivity (Wildman–Crippen MR) is 124 cm³/mol. The highest BCUT2D eigenvalue weighted by Crippen LogP contribution is 2.23. The Labute approximate surface area is 201 Å². The van der Waals surface area contributed by atoms with Gasteiger partial charge in [-0.25, -0.2) is 4.39 Å². The van der Waals surface area contributed by atoms with Crippen LogP contribution in [0.5, 0.6) is 6.01 Å². The molecule has 0 radical (unpaired) electrons. The minimum atomic E-state index is -0.537. The van der Waals surface area contributed by atoms with E-state index in [9.17, 15) is 19.3 Å². The van der Waals surface area contributed by atoms with Crippen LogP contribution in [0.4, 0.5) is 10.2 Å². The number of carbonyl (C=O) groups excluding carboxylic acids is 1. The Hall–Kier alpha value is -3.86. The fraction of sp³-hybridized carbons (Fsp3) is 0.375. The number of fused-ring (bicyclic) bond motifs is 1. The van der Waals surface area contributed by atoms with E-state index >= 15 is 0 Å². The van der Waals surface area contributed by atoms with E-state index in [0.29, 0.717) is 57.1 Å². The molecule has 2 aliphatic heterocycles. The molecule has 1 saturated heterocycles. The van der Waals surface area contributed by atoms with Crippen LogP contribution in [0.1, 0.15) is 28.8 Å². The smallest absolute Gasteiger partial charge is 0.414 e. The van der Waals surface area contributed by atoms with Crippen LogP contribution in [0, 0.1) is 15.9 Å². The van der Waals surface area contributed by atoms with Crippen molar-refractivity contribution in [2.45, 2.75) is 25.9 Å². The highest BCUT2D eigenvalue weighted by Gasteiger charge is 2.24. The first kappa shape index (κ1) is 22.9. The second-order valence-corrected chi connectivity index (χ2v) is 8.70. The lowest BCUT2D eigenvalue weighted by atomic mass is 10.1. The van der Waals surface area contributed by atoms with Crippen molar-refractivity contribution in [1.29, 1.82) is 0 Å². The molecule has 2 aromatic heterocycles. The number of benzene rings is 1. The maximum absolute atomic E-state index is 14.7. The zero-order chi connectivity index (χ0) is 24.4. The fourth-order valence-corrected chi connectivity index (χ4v) is 4.42. The summed E-state index contributed by atoms with van der Waals surface area (Å²) < 4.78 is 22.0. The number of halogens is 1. The summed E-state index contributed by atoms with van der Waals surface area (Å²) in [6.45, 7) is 4.17. The normalized spacial score (nSPS) is 16.3. The number of hydrogen-bond donors (Lipinski definition) is 0. The number of nitro groups is 1. The van der Waals surface area contributed by atoms with E-state index in [2.05, 4.69) is 14.9 Å². The molecule has 1 aromatic carbocycles. The summed E-state index contributed by atoms with van der Waals surface area (Å²) in [5.74, 6) is -1.02. The zero-order valence-electron chi connectivity index (χ0n) is 19.1. The number of likely N-dealkylation sites (tertiary alicyclic amines) is 1. The van der Waals surface area contributed by atoms with Gasteiger partial charge >= 0.3 is 11.8 Å². The van der Waals surface area contributed by atoms with Crippen LogP contribution < -0.4 is 4.74 Å². The number of nitrogens with zero attached hydrogens (tertiary/aromatic N) is 6. The molecule has 1 amide bonds. The quantitative estimate of drug-likeness (QED) is 0.408. The average molecular weight is 481 g/mol. The molecular formula is C24H25FN6O4. The molecule has 35 heavy (non-hydrogen) atoms. The molecule has 2 aliphatic rings. The largest absolute Gasteiger partial charge is 0.444 e. The van der Waals surface area contributed by atoms with Crippen molar-refractivity contribution >= 4 is 11.7 Å². The molecule has 0 N–H and O–H groups in total. The standard InChI is InChI=1S/C24H25FN6O4/c25-20-13-18(4-5-19(20)23(32)29-7-1-2-8-29)21-6-3-17(14-26-21)15-28-9-10-30-16-22(31(33)34)27-24(30)35-12-11-28/h3-6,13-14,16H,1-2,7-12,15H2. The molecule has 0 spiro atoms. The molecule has 182 valence electrons. The summed E-state index contributed by atoms with van der Waals surface area (Å²) in [6, 6.07) is 8.67. The van der Waals surface area contributed by atoms with Crippen molar-refractivity contribution in [1.82, 2.24) is 24.3 Å². The van der Waals surface area contributed by atoms with Crippen molar-refractivity contribution in [2.24, 2.45) is 0 Å². The van der Waals surface area contributed by atoms with Gasteiger partial charge in [-0.1, -0.05) is 12.1 Å². The number of hydrogen-bond acceptors (Lipinski definition) is 7. The first-order valence-corrected chi connectivity index (χ1v) is 11.6. The van der Waals surface area contributed by atoms with Crippen LogP contribution in [0.3, 0.4) is 0 Å². The lowest BCUT2D eigenvalue weighted by molar-refractivity contribution is -0.389. The maximum Gasteiger partial charge on any atom is 0.414 e. The van der Waals surface area contributed by atoms with Crippen LogP contribution in [-0.2, 0) is 13.1 Å². The Kier molecular flexibility index (Phi) is 6.41. The lowest BCUT2D eigenvalue weighted by Gasteiger charge is -2.24. The Morgan fingerprint density at radius 2 is 1.94 bits per heavy atom. The molecule has 0 saturated carbocycles. The molecule has 0 bridgehead atoms. The number of rotatable bonds is 5. The number of ether oxygens (including phenoxy) is 1. The first-order chi connectivity index (χ1) is 17.0. The second kappa shape index (κ2) is 9.79. The van der Waals surface area contributed by atoms with E-state index in [1.54, 1.807) is 21.7 Å². The fourth-order valence-electron chi connectivity index (χ4n) is 4.42. The van der Waals surface area contributed by atoms with Gasteiger partial charge in [0.2, 0.25) is 0 Å². The third-order valence-corrected chi connectivity index (χ3v) is 6.33. The van der Waals surface area contributed by atoms with Gasteiger partial charge in [-0.3, -0.25) is 19.2 Å². The van der Waals surface area contributed by atoms with Crippen molar-refractivity contribution < 1.29 is 18.8 Å². The molecule has 4 heterocycles. The number of aromatic nitrogens is 3. The summed E-state index contributed by atoms with van der Waals surface area (Å²) >= 11 is 0. The van der Waals surface area contributed by atoms with Gasteiger partial charge in [-0.05, 0) is 41.5 Å². The predicted octanol–water partition coefficient (Wildman–Crippen LogP) is 3.12. The highest BCUT2D eigenvalue weighted by atomic mass is 19.1. The van der Waals surface area contributed by atoms with Crippen molar-refractivity contribution in [3.63, 3.8) is 0 Å². The van der Waals surface area contributed by atoms with Crippen LogP contribution >= 0.6 is 0 Å². The van der Waals surface area contributed by atoms with E-state index < -0.39 is 10.7 Å². The molecule has 1 fully saturated rings. The van der Waals surface area contributed by atoms with Gasteiger partial charge in [0.1, 0.15) is 18.6 Å². The maximum atomic E-state index is 14.7. The van der Waals surface area contributed by atoms with Crippen LogP contribution in [0.15, 0.2) is 42.7 Å². The van der Waals surface area contributed by atoms with Crippen LogP contribution in [0.2, 0.25) is 0 Å². The third-order valence-electron chi connectivity index (χ3n) is 6.33. The number of amides is 1. The van der Waals surface area contributed by atoms with Gasteiger partial charge in [0, 0.05) is 56.0 Å². The summed E-state index contributed by atoms with van der Waals surface area (Å²) in [5, 5.41) is 11.0. The zero-order valence-corrected chi connectivity index (χ0v) is 19.1. The Morgan fingerprint density at radius 3 is 2.66 bits per heavy atom. The van der Waals surface area contributed by atoms with Crippen molar-refractivity contribution in [3.8, 4) is 17.3 Å². The number of imidazole rings is 1. The van der Waals surface area contributed by atoms with Gasteiger partial charge in [0.15, 0.2) is 0 Å². The Bertz CT molecular complexity index is 1240. The van der Waals surface area contributed by atoms with Gasteiger partial charge in [0.05, 0.1) is 11.3 Å². The van der Waals surface area contributed by atoms with E-state index in [4.69, 9.17) is 4.74 Å². The van der Waals surface area contributed by atoms with E-state index in [1.807, 2.05) is 12.1 Å². The average Bonchev–Trinajstić information content (AvgIpc) is 3.51. The molecule has 5 rings (SSSR count). The van der Waals surface area contributed by atoms with Gasteiger partial charge < -0.3 is 19.8 Å². The Morgan fingerprint density at radius 1 is 1.11 bits per heavy atom. The monoisotopic (exact) mass is 480 g/mol. The first-order valence-electron chi connectivity index (χ1n) is 11.6. The molecule has 0 atom stereocenters. The van der Waals surface area contributed by atoms with Crippen molar-refractivity contribution in [2.75, 3.05) is 32.8 Å². The summed E-state index contributed by atoms with van der Waals surface area (Å²) in [6.07, 6.45) is 5.06. The van der Waals surface area contributed by atoms with Gasteiger partial charge in [-0.15, -0.1) is 0 Å². The molecule has 3 aromatic rings. The molecule has 0 aliphatic carbocycles. The van der Waals surface area contributed by atoms with Crippen LogP contribution in [-0.4, -0.2) is 68.0 Å². The minimum Gasteiger partial charge on any atom is -0.444 e. The third kappa shape index (κ3) is 4.99. The highest BCUT2D eigenvalue weighted by molar-refractivity contribution is 5.95. The second-order valence-electron chi connectivity index (χ2n) is 8.70. The van der Waals surface area contributed by atoms with E-state index in [0.717, 1.165) is 18.4 Å². The van der Waals surface area contributed by atoms with E-state index in [-0.39, 0.29) is 23.3 Å². The van der Waals surface area contributed by atoms with Crippen molar-refractivity contribution in [3.05, 3.63) is 69.8 Å². The number of pyridine rings is 1.